The molecule has 10 nitrogen and oxygen atoms in total. The van der Waals surface area contributed by atoms with E-state index in [1.165, 1.54) is 34.9 Å². The van der Waals surface area contributed by atoms with Crippen molar-refractivity contribution < 1.29 is 32.7 Å². The van der Waals surface area contributed by atoms with E-state index in [9.17, 15) is 32.7 Å². The molecule has 2 amide bonds. The van der Waals surface area contributed by atoms with Gasteiger partial charge in [0, 0.05) is 18.6 Å². The molecule has 2 aliphatic heterocycles. The molecule has 1 saturated heterocycles. The third-order valence-electron chi connectivity index (χ3n) is 4.89. The summed E-state index contributed by atoms with van der Waals surface area (Å²) in [5, 5.41) is 23.7. The Kier molecular flexibility index (Phi) is 6.73. The summed E-state index contributed by atoms with van der Waals surface area (Å²) in [7, 11) is 1.05. The molecule has 4 rings (SSSR count). The van der Waals surface area contributed by atoms with Crippen LogP contribution in [0.1, 0.15) is 21.2 Å². The quantitative estimate of drug-likeness (QED) is 0.380. The predicted molar refractivity (Wildman–Crippen MR) is 120 cm³/mol. The summed E-state index contributed by atoms with van der Waals surface area (Å²) in [5.74, 6) is -2.35. The van der Waals surface area contributed by atoms with Gasteiger partial charge in [-0.05, 0) is 28.4 Å². The zero-order valence-electron chi connectivity index (χ0n) is 17.2. The number of alkyl halides is 3. The smallest absolute Gasteiger partial charge is 0.434 e. The molecule has 0 spiro atoms. The van der Waals surface area contributed by atoms with Gasteiger partial charge < -0.3 is 10.4 Å². The van der Waals surface area contributed by atoms with Crippen LogP contribution in [0.3, 0.4) is 0 Å². The summed E-state index contributed by atoms with van der Waals surface area (Å²) in [5.41, 5.74) is -1.31. The van der Waals surface area contributed by atoms with E-state index in [1.807, 2.05) is 0 Å². The van der Waals surface area contributed by atoms with Crippen molar-refractivity contribution in [3.05, 3.63) is 32.1 Å². The third-order valence-corrected chi connectivity index (χ3v) is 9.04. The molecule has 0 radical (unpaired) electrons. The number of aryl methyl sites for hydroxylation is 2. The minimum atomic E-state index is -4.75. The normalized spacial score (nSPS) is 20.3. The molecule has 0 aromatic carbocycles. The average Bonchev–Trinajstić information content (AvgIpc) is 3.30. The molecule has 2 N–H and O–H groups in total. The molecule has 34 heavy (non-hydrogen) atoms. The SMILES string of the molecule is Cc1nnc(SCC2=C(C(=O)O)N3C(=O)[C@@H](NC(=O)c4nn(C)c(C(F)(F)F)c4Br)[C@H]3SC2)s1. The van der Waals surface area contributed by atoms with Crippen LogP contribution in [0.2, 0.25) is 0 Å². The van der Waals surface area contributed by atoms with Gasteiger partial charge in [0.05, 0.1) is 4.47 Å². The molecular weight excluding hydrogens is 585 g/mol. The highest BCUT2D eigenvalue weighted by molar-refractivity contribution is 9.10. The van der Waals surface area contributed by atoms with E-state index in [2.05, 4.69) is 36.5 Å². The molecule has 182 valence electrons. The Morgan fingerprint density at radius 3 is 2.62 bits per heavy atom. The number of aliphatic carboxylic acids is 1. The summed E-state index contributed by atoms with van der Waals surface area (Å²) in [6, 6.07) is -1.10. The lowest BCUT2D eigenvalue weighted by atomic mass is 10.0. The molecule has 0 saturated carbocycles. The van der Waals surface area contributed by atoms with Gasteiger partial charge in [0.2, 0.25) is 0 Å². The maximum absolute atomic E-state index is 13.2. The van der Waals surface area contributed by atoms with Gasteiger partial charge >= 0.3 is 12.1 Å². The van der Waals surface area contributed by atoms with Gasteiger partial charge in [-0.2, -0.15) is 18.3 Å². The first-order valence-electron chi connectivity index (χ1n) is 9.33. The molecule has 17 heteroatoms. The number of carbonyl (C=O) groups excluding carboxylic acids is 2. The topological polar surface area (TPSA) is 130 Å². The first kappa shape index (κ1) is 25.0. The number of amides is 2. The third kappa shape index (κ3) is 4.45. The fourth-order valence-electron chi connectivity index (χ4n) is 3.44. The molecule has 0 bridgehead atoms. The molecule has 1 fully saturated rings. The Morgan fingerprint density at radius 1 is 1.35 bits per heavy atom. The van der Waals surface area contributed by atoms with Crippen LogP contribution in [0.5, 0.6) is 0 Å². The van der Waals surface area contributed by atoms with E-state index >= 15 is 0 Å². The molecule has 2 aliphatic rings. The fraction of sp³-hybridized carbons (Fsp3) is 0.412. The van der Waals surface area contributed by atoms with Gasteiger partial charge in [0.1, 0.15) is 22.1 Å². The zero-order chi connectivity index (χ0) is 24.9. The van der Waals surface area contributed by atoms with Crippen LogP contribution >= 0.6 is 50.8 Å². The molecular formula is C17H14BrF3N6O4S3. The second-order valence-electron chi connectivity index (χ2n) is 7.13. The standard InChI is InChI=1S/C17H14BrF3N6O4S3/c1-5-23-24-16(34-5)33-4-6-3-32-14-9(13(29)27(14)10(6)15(30)31)22-12(28)8-7(18)11(17(19,20)21)26(2)25-8/h9,14H,3-4H2,1-2H3,(H,22,28)(H,30,31)/t9-,14-/m1/s1. The second kappa shape index (κ2) is 9.16. The van der Waals surface area contributed by atoms with Crippen molar-refractivity contribution in [3.8, 4) is 0 Å². The van der Waals surface area contributed by atoms with Crippen LogP contribution in [0.25, 0.3) is 0 Å². The number of hydrogen-bond donors (Lipinski definition) is 2. The van der Waals surface area contributed by atoms with Crippen molar-refractivity contribution in [2.24, 2.45) is 7.05 Å². The summed E-state index contributed by atoms with van der Waals surface area (Å²) >= 11 is 6.69. The Balaban J connectivity index is 1.50. The maximum atomic E-state index is 13.2. The number of carbonyl (C=O) groups is 3. The number of β-lactam (4-membered cyclic amide) rings is 1. The highest BCUT2D eigenvalue weighted by Gasteiger charge is 2.54. The van der Waals surface area contributed by atoms with Crippen molar-refractivity contribution >= 4 is 68.6 Å². The number of halogens is 4. The summed E-state index contributed by atoms with van der Waals surface area (Å²) in [6.07, 6.45) is -4.75. The van der Waals surface area contributed by atoms with E-state index in [4.69, 9.17) is 0 Å². The number of carboxylic acid groups (broad SMARTS) is 1. The number of nitrogens with one attached hydrogen (secondary N) is 1. The summed E-state index contributed by atoms with van der Waals surface area (Å²) in [4.78, 5) is 38.4. The first-order chi connectivity index (χ1) is 15.9. The Morgan fingerprint density at radius 2 is 2.06 bits per heavy atom. The number of thioether (sulfide) groups is 2. The van der Waals surface area contributed by atoms with E-state index < -0.39 is 51.2 Å². The average molecular weight is 599 g/mol. The first-order valence-corrected chi connectivity index (χ1v) is 13.0. The predicted octanol–water partition coefficient (Wildman–Crippen LogP) is 2.51. The van der Waals surface area contributed by atoms with Crippen molar-refractivity contribution in [2.45, 2.75) is 28.9 Å². The number of aromatic nitrogens is 4. The van der Waals surface area contributed by atoms with Crippen molar-refractivity contribution in [1.29, 1.82) is 0 Å². The number of fused-ring (bicyclic) bond motifs is 1. The largest absolute Gasteiger partial charge is 0.477 e. The maximum Gasteiger partial charge on any atom is 0.434 e. The minimum Gasteiger partial charge on any atom is -0.477 e. The van der Waals surface area contributed by atoms with Gasteiger partial charge in [-0.25, -0.2) is 4.79 Å². The summed E-state index contributed by atoms with van der Waals surface area (Å²) in [6.45, 7) is 1.80. The van der Waals surface area contributed by atoms with E-state index in [0.29, 0.717) is 20.3 Å². The lowest BCUT2D eigenvalue weighted by Gasteiger charge is -2.49. The van der Waals surface area contributed by atoms with E-state index in [0.717, 1.165) is 17.0 Å². The molecule has 2 atom stereocenters. The monoisotopic (exact) mass is 598 g/mol. The number of nitrogens with zero attached hydrogens (tertiary/aromatic N) is 5. The van der Waals surface area contributed by atoms with Gasteiger partial charge in [-0.3, -0.25) is 19.2 Å². The van der Waals surface area contributed by atoms with Gasteiger partial charge in [0.25, 0.3) is 11.8 Å². The van der Waals surface area contributed by atoms with E-state index in [-0.39, 0.29) is 11.4 Å². The number of hydrogen-bond acceptors (Lipinski definition) is 9. The number of rotatable bonds is 6. The fourth-order valence-corrected chi connectivity index (χ4v) is 7.48. The lowest BCUT2D eigenvalue weighted by Crippen LogP contribution is -2.70. The molecule has 2 aromatic rings. The minimum absolute atomic E-state index is 0.161. The van der Waals surface area contributed by atoms with Crippen LogP contribution in [0, 0.1) is 6.92 Å². The van der Waals surface area contributed by atoms with Crippen LogP contribution in [0.15, 0.2) is 20.1 Å². The van der Waals surface area contributed by atoms with Gasteiger partial charge in [-0.1, -0.05) is 23.1 Å². The van der Waals surface area contributed by atoms with E-state index in [1.54, 1.807) is 6.92 Å². The van der Waals surface area contributed by atoms with Crippen LogP contribution in [-0.2, 0) is 22.8 Å². The van der Waals surface area contributed by atoms with Crippen LogP contribution in [0.4, 0.5) is 13.2 Å². The van der Waals surface area contributed by atoms with Crippen molar-refractivity contribution in [3.63, 3.8) is 0 Å². The zero-order valence-corrected chi connectivity index (χ0v) is 21.2. The molecule has 0 aliphatic carbocycles. The summed E-state index contributed by atoms with van der Waals surface area (Å²) < 4.78 is 40.2. The molecule has 2 aromatic heterocycles. The van der Waals surface area contributed by atoms with Crippen molar-refractivity contribution in [1.82, 2.24) is 30.2 Å². The highest BCUT2D eigenvalue weighted by atomic mass is 79.9. The van der Waals surface area contributed by atoms with Crippen LogP contribution < -0.4 is 5.32 Å². The Labute approximate surface area is 210 Å². The highest BCUT2D eigenvalue weighted by Crippen LogP contribution is 2.42. The second-order valence-corrected chi connectivity index (χ2v) is 11.4. The Hall–Kier alpha value is -2.11. The Bertz CT molecular complexity index is 1230. The molecule has 0 unspecified atom stereocenters. The number of carboxylic acids is 1. The van der Waals surface area contributed by atoms with Crippen LogP contribution in [-0.4, -0.2) is 70.7 Å². The molecule has 4 heterocycles. The van der Waals surface area contributed by atoms with Gasteiger partial charge in [-0.15, -0.1) is 22.0 Å². The van der Waals surface area contributed by atoms with Gasteiger partial charge in [0.15, 0.2) is 15.7 Å². The van der Waals surface area contributed by atoms with Crippen molar-refractivity contribution in [2.75, 3.05) is 11.5 Å². The lowest BCUT2D eigenvalue weighted by molar-refractivity contribution is -0.148.